The molecule has 1 saturated heterocycles. The van der Waals surface area contributed by atoms with Crippen LogP contribution in [0.4, 0.5) is 5.82 Å². The molecule has 1 aliphatic heterocycles. The van der Waals surface area contributed by atoms with Gasteiger partial charge in [-0.1, -0.05) is 48.9 Å². The molecular weight excluding hydrogens is 450 g/mol. The van der Waals surface area contributed by atoms with Gasteiger partial charge in [-0.25, -0.2) is 15.5 Å². The number of benzene rings is 2. The summed E-state index contributed by atoms with van der Waals surface area (Å²) < 4.78 is 0. The average Bonchev–Trinajstić information content (AvgIpc) is 3.28. The fourth-order valence-corrected chi connectivity index (χ4v) is 4.92. The molecule has 1 fully saturated rings. The zero-order valence-corrected chi connectivity index (χ0v) is 20.7. The van der Waals surface area contributed by atoms with E-state index in [0.717, 1.165) is 58.7 Å². The van der Waals surface area contributed by atoms with Gasteiger partial charge in [0.25, 0.3) is 0 Å². The van der Waals surface area contributed by atoms with Crippen molar-refractivity contribution in [2.75, 3.05) is 38.5 Å². The predicted molar refractivity (Wildman–Crippen MR) is 145 cm³/mol. The van der Waals surface area contributed by atoms with Crippen LogP contribution in [0.25, 0.3) is 21.9 Å². The maximum atomic E-state index is 7.46. The summed E-state index contributed by atoms with van der Waals surface area (Å²) in [5, 5.41) is 13.3. The lowest BCUT2D eigenvalue weighted by atomic mass is 10.1. The highest BCUT2D eigenvalue weighted by atomic mass is 15.3. The minimum atomic E-state index is 0.324. The minimum absolute atomic E-state index is 0.324. The molecule has 0 aliphatic carbocycles. The van der Waals surface area contributed by atoms with Crippen molar-refractivity contribution in [3.8, 4) is 0 Å². The van der Waals surface area contributed by atoms with E-state index < -0.39 is 0 Å². The van der Waals surface area contributed by atoms with E-state index in [0.29, 0.717) is 12.3 Å². The molecule has 5 rings (SSSR count). The van der Waals surface area contributed by atoms with E-state index in [1.54, 1.807) is 7.05 Å². The van der Waals surface area contributed by atoms with Gasteiger partial charge in [-0.3, -0.25) is 0 Å². The first-order chi connectivity index (χ1) is 17.7. The number of likely N-dealkylation sites (tertiary alicyclic amines) is 1. The number of nitrogens with one attached hydrogen (secondary N) is 4. The summed E-state index contributed by atoms with van der Waals surface area (Å²) in [4.78, 5) is 15.9. The Hall–Kier alpha value is -3.85. The lowest BCUT2D eigenvalue weighted by Gasteiger charge is -2.26. The summed E-state index contributed by atoms with van der Waals surface area (Å²) in [5.74, 6) is 1.96. The van der Waals surface area contributed by atoms with Crippen molar-refractivity contribution in [1.82, 2.24) is 25.3 Å². The molecule has 4 aromatic rings. The molecule has 36 heavy (non-hydrogen) atoms. The number of fused-ring (bicyclic) bond motifs is 3. The van der Waals surface area contributed by atoms with Crippen molar-refractivity contribution in [2.24, 2.45) is 10.2 Å². The van der Waals surface area contributed by atoms with Gasteiger partial charge in [0.2, 0.25) is 0 Å². The van der Waals surface area contributed by atoms with E-state index in [1.807, 2.05) is 36.4 Å². The third kappa shape index (κ3) is 5.36. The lowest BCUT2D eigenvalue weighted by molar-refractivity contribution is 0.228. The fraction of sp³-hybridized carbons (Fsp3) is 0.370. The van der Waals surface area contributed by atoms with Crippen LogP contribution < -0.4 is 10.7 Å². The van der Waals surface area contributed by atoms with Gasteiger partial charge in [-0.2, -0.15) is 5.10 Å². The highest BCUT2D eigenvalue weighted by Gasteiger charge is 2.16. The molecular formula is C27H33N9. The van der Waals surface area contributed by atoms with Gasteiger partial charge >= 0.3 is 0 Å². The van der Waals surface area contributed by atoms with Gasteiger partial charge in [0, 0.05) is 36.5 Å². The molecule has 9 nitrogen and oxygen atoms in total. The van der Waals surface area contributed by atoms with E-state index in [9.17, 15) is 0 Å². The molecule has 0 unspecified atom stereocenters. The van der Waals surface area contributed by atoms with Crippen LogP contribution in [-0.4, -0.2) is 58.9 Å². The second-order valence-corrected chi connectivity index (χ2v) is 9.21. The predicted octanol–water partition coefficient (Wildman–Crippen LogP) is 4.90. The number of hydrazone groups is 1. The first-order valence-corrected chi connectivity index (χ1v) is 12.7. The van der Waals surface area contributed by atoms with E-state index in [-0.39, 0.29) is 0 Å². The van der Waals surface area contributed by atoms with Crippen molar-refractivity contribution >= 4 is 33.6 Å². The zero-order chi connectivity index (χ0) is 24.7. The van der Waals surface area contributed by atoms with Crippen molar-refractivity contribution in [1.29, 1.82) is 5.53 Å². The summed E-state index contributed by atoms with van der Waals surface area (Å²) in [5.41, 5.74) is 13.8. The Bertz CT molecular complexity index is 1350. The largest absolute Gasteiger partial charge is 0.369 e. The van der Waals surface area contributed by atoms with Crippen LogP contribution in [0.3, 0.4) is 0 Å². The second-order valence-electron chi connectivity index (χ2n) is 9.21. The van der Waals surface area contributed by atoms with Gasteiger partial charge in [0.05, 0.1) is 5.39 Å². The Morgan fingerprint density at radius 3 is 2.69 bits per heavy atom. The molecule has 0 radical (unpaired) electrons. The number of hydrogen-bond acceptors (Lipinski definition) is 7. The zero-order valence-electron chi connectivity index (χ0n) is 20.7. The van der Waals surface area contributed by atoms with Gasteiger partial charge in [0.15, 0.2) is 5.84 Å². The Labute approximate surface area is 210 Å². The molecule has 0 spiro atoms. The first kappa shape index (κ1) is 23.9. The molecule has 9 heteroatoms. The van der Waals surface area contributed by atoms with E-state index in [4.69, 9.17) is 15.5 Å². The van der Waals surface area contributed by atoms with Crippen LogP contribution in [0.1, 0.15) is 42.6 Å². The number of amidine groups is 1. The Balaban J connectivity index is 1.47. The second kappa shape index (κ2) is 11.3. The minimum Gasteiger partial charge on any atom is -0.369 e. The van der Waals surface area contributed by atoms with Gasteiger partial charge in [-0.05, 0) is 50.5 Å². The molecule has 186 valence electrons. The molecule has 0 amide bonds. The summed E-state index contributed by atoms with van der Waals surface area (Å²) in [7, 11) is 1.69. The van der Waals surface area contributed by atoms with Crippen LogP contribution in [0.15, 0.2) is 58.7 Å². The highest BCUT2D eigenvalue weighted by Crippen LogP contribution is 2.31. The smallest absolute Gasteiger partial charge is 0.200 e. The Morgan fingerprint density at radius 2 is 1.92 bits per heavy atom. The van der Waals surface area contributed by atoms with Crippen molar-refractivity contribution < 1.29 is 0 Å². The van der Waals surface area contributed by atoms with E-state index in [2.05, 4.69) is 43.0 Å². The normalized spacial score (nSPS) is 14.9. The third-order valence-corrected chi connectivity index (χ3v) is 6.68. The molecule has 0 atom stereocenters. The molecule has 0 bridgehead atoms. The standard InChI is InChI=1S/C27H33N9/c1-29-35-25(34-28)20-11-12-21-22(18-20)31-27-24(21)26(30-13-8-16-36-14-6-3-7-15-36)32-23(33-27)17-19-9-4-2-5-10-19/h2,4-5,9-12,18,28-29H,3,6-8,13-17H2,1H3,(H2,30,31,32,33)/b34-28?,35-25-. The summed E-state index contributed by atoms with van der Waals surface area (Å²) in [6, 6.07) is 16.2. The topological polar surface area (TPSA) is 117 Å². The number of rotatable bonds is 9. The third-order valence-electron chi connectivity index (χ3n) is 6.68. The van der Waals surface area contributed by atoms with Crippen molar-refractivity contribution in [3.05, 3.63) is 65.5 Å². The monoisotopic (exact) mass is 483 g/mol. The summed E-state index contributed by atoms with van der Waals surface area (Å²) in [6.45, 7) is 4.40. The van der Waals surface area contributed by atoms with Crippen LogP contribution in [0.2, 0.25) is 0 Å². The van der Waals surface area contributed by atoms with Crippen LogP contribution in [0.5, 0.6) is 0 Å². The SMILES string of the molecule is CN/N=C(\N=N)c1ccc2c(c1)[nH]c1nc(Cc3ccccc3)nc(NCCCN3CCCCC3)c12. The van der Waals surface area contributed by atoms with Gasteiger partial charge in [0.1, 0.15) is 17.3 Å². The fourth-order valence-electron chi connectivity index (χ4n) is 4.92. The van der Waals surface area contributed by atoms with Crippen LogP contribution >= 0.6 is 0 Å². The lowest BCUT2D eigenvalue weighted by Crippen LogP contribution is -2.31. The number of anilines is 1. The summed E-state index contributed by atoms with van der Waals surface area (Å²) >= 11 is 0. The van der Waals surface area contributed by atoms with Crippen LogP contribution in [0, 0.1) is 5.53 Å². The molecule has 0 saturated carbocycles. The molecule has 4 N–H and O–H groups in total. The van der Waals surface area contributed by atoms with E-state index >= 15 is 0 Å². The number of piperidine rings is 1. The van der Waals surface area contributed by atoms with Crippen LogP contribution in [-0.2, 0) is 6.42 Å². The Morgan fingerprint density at radius 1 is 1.08 bits per heavy atom. The first-order valence-electron chi connectivity index (χ1n) is 12.7. The number of H-pyrrole nitrogens is 1. The molecule has 3 heterocycles. The molecule has 2 aromatic carbocycles. The van der Waals surface area contributed by atoms with Crippen molar-refractivity contribution in [3.63, 3.8) is 0 Å². The number of nitrogens with zero attached hydrogens (tertiary/aromatic N) is 5. The molecule has 1 aliphatic rings. The maximum Gasteiger partial charge on any atom is 0.200 e. The molecule has 2 aromatic heterocycles. The average molecular weight is 484 g/mol. The Kier molecular flexibility index (Phi) is 7.47. The summed E-state index contributed by atoms with van der Waals surface area (Å²) in [6.07, 6.45) is 5.72. The number of aromatic nitrogens is 3. The van der Waals surface area contributed by atoms with E-state index in [1.165, 1.54) is 37.9 Å². The van der Waals surface area contributed by atoms with Gasteiger partial charge < -0.3 is 20.6 Å². The van der Waals surface area contributed by atoms with Crippen molar-refractivity contribution in [2.45, 2.75) is 32.1 Å². The maximum absolute atomic E-state index is 7.46. The highest BCUT2D eigenvalue weighted by molar-refractivity contribution is 6.13. The quantitative estimate of drug-likeness (QED) is 0.0888. The number of hydrogen-bond donors (Lipinski definition) is 4. The van der Waals surface area contributed by atoms with Gasteiger partial charge in [-0.15, -0.1) is 5.11 Å². The number of aromatic amines is 1.